The Kier molecular flexibility index (Phi) is 6.82. The van der Waals surface area contributed by atoms with E-state index >= 15 is 0 Å². The van der Waals surface area contributed by atoms with Gasteiger partial charge in [0, 0.05) is 64.7 Å². The number of hydrogen-bond donors (Lipinski definition) is 0. The molecule has 2 aromatic rings. The summed E-state index contributed by atoms with van der Waals surface area (Å²) in [6, 6.07) is 6.54. The van der Waals surface area contributed by atoms with Crippen LogP contribution in [0.3, 0.4) is 0 Å². The van der Waals surface area contributed by atoms with Gasteiger partial charge in [0.2, 0.25) is 5.88 Å². The molecule has 0 atom stereocenters. The molecule has 7 nitrogen and oxygen atoms in total. The second kappa shape index (κ2) is 10.1. The molecule has 168 valence electrons. The lowest BCUT2D eigenvalue weighted by molar-refractivity contribution is 0.137. The first-order valence-corrected chi connectivity index (χ1v) is 12.0. The molecule has 0 unspecified atom stereocenters. The molecule has 1 aliphatic carbocycles. The third kappa shape index (κ3) is 5.27. The number of rotatable bonds is 6. The Bertz CT molecular complexity index is 841. The van der Waals surface area contributed by atoms with Gasteiger partial charge in [0.15, 0.2) is 0 Å². The van der Waals surface area contributed by atoms with E-state index in [2.05, 4.69) is 42.9 Å². The lowest BCUT2D eigenvalue weighted by Gasteiger charge is -2.37. The Hall–Kier alpha value is -1.96. The lowest BCUT2D eigenvalue weighted by atomic mass is 10.2. The highest BCUT2D eigenvalue weighted by molar-refractivity contribution is 5.86. The Labute approximate surface area is 185 Å². The normalized spacial score (nSPS) is 22.1. The lowest BCUT2D eigenvalue weighted by Crippen LogP contribution is -2.48. The average Bonchev–Trinajstić information content (AvgIpc) is 3.19. The van der Waals surface area contributed by atoms with E-state index in [1.165, 1.54) is 25.1 Å². The molecule has 3 aliphatic rings. The third-order valence-corrected chi connectivity index (χ3v) is 6.95. The van der Waals surface area contributed by atoms with Crippen LogP contribution < -0.4 is 9.64 Å². The third-order valence-electron chi connectivity index (χ3n) is 6.95. The number of hydrogen-bond acceptors (Lipinski definition) is 7. The second-order valence-electron chi connectivity index (χ2n) is 9.04. The van der Waals surface area contributed by atoms with Crippen LogP contribution in [0.25, 0.3) is 10.9 Å². The summed E-state index contributed by atoms with van der Waals surface area (Å²) in [4.78, 5) is 16.6. The van der Waals surface area contributed by atoms with Gasteiger partial charge in [0.1, 0.15) is 12.4 Å². The fourth-order valence-electron chi connectivity index (χ4n) is 5.01. The van der Waals surface area contributed by atoms with Gasteiger partial charge in [-0.3, -0.25) is 9.80 Å². The second-order valence-corrected chi connectivity index (χ2v) is 9.04. The summed E-state index contributed by atoms with van der Waals surface area (Å²) in [7, 11) is 0. The topological polar surface area (TPSA) is 54.0 Å². The predicted molar refractivity (Wildman–Crippen MR) is 123 cm³/mol. The first kappa shape index (κ1) is 20.9. The van der Waals surface area contributed by atoms with Crippen molar-refractivity contribution < 1.29 is 9.47 Å². The van der Waals surface area contributed by atoms with Gasteiger partial charge < -0.3 is 14.4 Å². The van der Waals surface area contributed by atoms with Gasteiger partial charge in [-0.2, -0.15) is 0 Å². The van der Waals surface area contributed by atoms with Crippen molar-refractivity contribution in [3.8, 4) is 5.88 Å². The van der Waals surface area contributed by atoms with Crippen LogP contribution in [-0.2, 0) is 4.74 Å². The van der Waals surface area contributed by atoms with Crippen LogP contribution in [0.4, 0.5) is 5.69 Å². The van der Waals surface area contributed by atoms with Crippen LogP contribution in [-0.4, -0.2) is 91.4 Å². The summed E-state index contributed by atoms with van der Waals surface area (Å²) in [6.45, 7) is 10.7. The number of nitrogens with zero attached hydrogens (tertiary/aromatic N) is 5. The highest BCUT2D eigenvalue weighted by Gasteiger charge is 2.21. The summed E-state index contributed by atoms with van der Waals surface area (Å²) in [5.74, 6) is 0.749. The van der Waals surface area contributed by atoms with Crippen molar-refractivity contribution in [3.05, 3.63) is 24.5 Å². The quantitative estimate of drug-likeness (QED) is 0.705. The van der Waals surface area contributed by atoms with Crippen LogP contribution in [0.2, 0.25) is 0 Å². The molecule has 1 saturated carbocycles. The fourth-order valence-corrected chi connectivity index (χ4v) is 5.01. The Morgan fingerprint density at radius 3 is 2.52 bits per heavy atom. The molecule has 5 rings (SSSR count). The monoisotopic (exact) mass is 425 g/mol. The molecule has 0 spiro atoms. The van der Waals surface area contributed by atoms with Gasteiger partial charge in [-0.15, -0.1) is 0 Å². The van der Waals surface area contributed by atoms with Gasteiger partial charge in [-0.1, -0.05) is 0 Å². The molecular formula is C24H35N5O2. The minimum atomic E-state index is 0.307. The number of fused-ring (bicyclic) bond motifs is 1. The number of benzene rings is 1. The zero-order chi connectivity index (χ0) is 20.9. The van der Waals surface area contributed by atoms with Crippen molar-refractivity contribution in [2.45, 2.75) is 38.2 Å². The van der Waals surface area contributed by atoms with Crippen molar-refractivity contribution in [3.63, 3.8) is 0 Å². The smallest absolute Gasteiger partial charge is 0.224 e. The van der Waals surface area contributed by atoms with E-state index in [0.717, 1.165) is 95.1 Å². The molecule has 0 bridgehead atoms. The summed E-state index contributed by atoms with van der Waals surface area (Å²) < 4.78 is 11.8. The Morgan fingerprint density at radius 2 is 1.68 bits per heavy atom. The van der Waals surface area contributed by atoms with E-state index in [-0.39, 0.29) is 0 Å². The Balaban J connectivity index is 1.19. The summed E-state index contributed by atoms with van der Waals surface area (Å²) in [6.07, 6.45) is 7.88. The number of anilines is 1. The molecule has 1 aromatic carbocycles. The zero-order valence-corrected chi connectivity index (χ0v) is 18.5. The van der Waals surface area contributed by atoms with Crippen molar-refractivity contribution in [2.75, 3.05) is 70.5 Å². The Morgan fingerprint density at radius 1 is 0.871 bits per heavy atom. The van der Waals surface area contributed by atoms with Gasteiger partial charge in [-0.05, 0) is 50.3 Å². The van der Waals surface area contributed by atoms with E-state index in [4.69, 9.17) is 9.47 Å². The molecule has 0 amide bonds. The first-order chi connectivity index (χ1) is 15.3. The van der Waals surface area contributed by atoms with Crippen molar-refractivity contribution in [1.29, 1.82) is 0 Å². The molecule has 0 N–H and O–H groups in total. The molecule has 3 heterocycles. The molecular weight excluding hydrogens is 390 g/mol. The largest absolute Gasteiger partial charge is 0.474 e. The average molecular weight is 426 g/mol. The minimum absolute atomic E-state index is 0.307. The van der Waals surface area contributed by atoms with Crippen LogP contribution in [0, 0.1) is 0 Å². The maximum Gasteiger partial charge on any atom is 0.224 e. The summed E-state index contributed by atoms with van der Waals surface area (Å²) >= 11 is 0. The molecule has 3 fully saturated rings. The van der Waals surface area contributed by atoms with E-state index < -0.39 is 0 Å². The molecule has 0 radical (unpaired) electrons. The highest BCUT2D eigenvalue weighted by Crippen LogP contribution is 2.30. The van der Waals surface area contributed by atoms with Gasteiger partial charge in [-0.25, -0.2) is 9.97 Å². The van der Waals surface area contributed by atoms with Gasteiger partial charge in [0.25, 0.3) is 0 Å². The van der Waals surface area contributed by atoms with Crippen LogP contribution >= 0.6 is 0 Å². The van der Waals surface area contributed by atoms with Crippen molar-refractivity contribution in [2.24, 2.45) is 0 Å². The number of piperazine rings is 1. The highest BCUT2D eigenvalue weighted by atomic mass is 16.5. The summed E-state index contributed by atoms with van der Waals surface area (Å²) in [5, 5.41) is 1.04. The molecule has 31 heavy (non-hydrogen) atoms. The van der Waals surface area contributed by atoms with Crippen LogP contribution in [0.5, 0.6) is 5.88 Å². The molecule has 7 heteroatoms. The number of ether oxygens (including phenoxy) is 2. The number of aromatic nitrogens is 2. The van der Waals surface area contributed by atoms with Crippen molar-refractivity contribution >= 4 is 16.6 Å². The van der Waals surface area contributed by atoms with Gasteiger partial charge >= 0.3 is 0 Å². The zero-order valence-electron chi connectivity index (χ0n) is 18.5. The maximum atomic E-state index is 6.26. The molecule has 2 saturated heterocycles. The van der Waals surface area contributed by atoms with E-state index in [9.17, 15) is 0 Å². The maximum absolute atomic E-state index is 6.26. The fraction of sp³-hybridized carbons (Fsp3) is 0.667. The SMILES string of the molecule is c1nc(OC2CCCC2)c2cc(N3CCN(CCN4CCCOCC4)CC3)ccc2n1. The van der Waals surface area contributed by atoms with Gasteiger partial charge in [0.05, 0.1) is 17.5 Å². The summed E-state index contributed by atoms with van der Waals surface area (Å²) in [5.41, 5.74) is 2.22. The van der Waals surface area contributed by atoms with E-state index in [1.54, 1.807) is 6.33 Å². The van der Waals surface area contributed by atoms with Crippen LogP contribution in [0.15, 0.2) is 24.5 Å². The molecule has 2 aliphatic heterocycles. The predicted octanol–water partition coefficient (Wildman–Crippen LogP) is 2.80. The van der Waals surface area contributed by atoms with E-state index in [0.29, 0.717) is 6.10 Å². The van der Waals surface area contributed by atoms with E-state index in [1.807, 2.05) is 0 Å². The first-order valence-electron chi connectivity index (χ1n) is 12.0. The van der Waals surface area contributed by atoms with Crippen LogP contribution in [0.1, 0.15) is 32.1 Å². The standard InChI is InChI=1S/C24H35N5O2/c1-2-5-21(4-1)31-24-22-18-20(6-7-23(22)25-19-26-24)29-13-11-28(12-14-29)10-9-27-8-3-16-30-17-15-27/h6-7,18-19,21H,1-5,8-17H2. The molecule has 1 aromatic heterocycles. The minimum Gasteiger partial charge on any atom is -0.474 e. The van der Waals surface area contributed by atoms with Crippen molar-refractivity contribution in [1.82, 2.24) is 19.8 Å².